The van der Waals surface area contributed by atoms with Gasteiger partial charge < -0.3 is 0 Å². The first kappa shape index (κ1) is 24.0. The van der Waals surface area contributed by atoms with E-state index in [9.17, 15) is 0 Å². The second-order valence-corrected chi connectivity index (χ2v) is 2.53. The molecule has 0 fully saturated rings. The maximum Gasteiger partial charge on any atom is 0.0652 e. The van der Waals surface area contributed by atoms with Crippen molar-refractivity contribution in [3.63, 3.8) is 0 Å². The van der Waals surface area contributed by atoms with Gasteiger partial charge >= 0.3 is 0 Å². The van der Waals surface area contributed by atoms with Crippen molar-refractivity contribution in [3.05, 3.63) is 0 Å². The maximum atomic E-state index is 8.38. The molecule has 0 aliphatic heterocycles. The predicted octanol–water partition coefficient (Wildman–Crippen LogP) is 5.80. The molecule has 0 aromatic carbocycles. The van der Waals surface area contributed by atoms with Gasteiger partial charge in [-0.15, -0.1) is 0 Å². The van der Waals surface area contributed by atoms with E-state index in [1.165, 1.54) is 19.3 Å². The lowest BCUT2D eigenvalue weighted by Gasteiger charge is -1.98. The van der Waals surface area contributed by atoms with Gasteiger partial charge in [-0.1, -0.05) is 67.7 Å². The average Bonchev–Trinajstić information content (AvgIpc) is 2.36. The summed E-state index contributed by atoms with van der Waals surface area (Å²) in [6, 6.07) is 2.22. The molecule has 1 heteroatoms. The van der Waals surface area contributed by atoms with Crippen LogP contribution in [0.2, 0.25) is 0 Å². The highest BCUT2D eigenvalue weighted by Crippen LogP contribution is 2.06. The molecule has 15 heavy (non-hydrogen) atoms. The van der Waals surface area contributed by atoms with Crippen LogP contribution in [0.1, 0.15) is 81.1 Å². The molecule has 94 valence electrons. The van der Waals surface area contributed by atoms with Crippen LogP contribution >= 0.6 is 0 Å². The van der Waals surface area contributed by atoms with Gasteiger partial charge in [0, 0.05) is 5.92 Å². The van der Waals surface area contributed by atoms with Gasteiger partial charge in [-0.3, -0.25) is 0 Å². The Bertz CT molecular complexity index is 92.0. The molecule has 0 saturated carbocycles. The normalized spacial score (nSPS) is 8.73. The van der Waals surface area contributed by atoms with Crippen molar-refractivity contribution in [2.45, 2.75) is 81.1 Å². The first-order valence-corrected chi connectivity index (χ1v) is 6.70. The lowest BCUT2D eigenvalue weighted by Crippen LogP contribution is -1.88. The molecule has 0 aliphatic carbocycles. The molecule has 1 nitrogen and oxygen atoms in total. The van der Waals surface area contributed by atoms with E-state index in [1.54, 1.807) is 0 Å². The Hall–Kier alpha value is -0.510. The lowest BCUT2D eigenvalue weighted by atomic mass is 10.1. The minimum atomic E-state index is 0.261. The average molecular weight is 215 g/mol. The van der Waals surface area contributed by atoms with Crippen molar-refractivity contribution in [3.8, 4) is 6.07 Å². The number of hydrogen-bond donors (Lipinski definition) is 0. The number of hydrogen-bond acceptors (Lipinski definition) is 1. The minimum absolute atomic E-state index is 0.261. The fraction of sp³-hybridized carbons (Fsp3) is 0.929. The lowest BCUT2D eigenvalue weighted by molar-refractivity contribution is 0.584. The molecule has 0 aromatic rings. The second kappa shape index (κ2) is 37.5. The molecule has 0 spiro atoms. The van der Waals surface area contributed by atoms with Crippen LogP contribution in [-0.4, -0.2) is 0 Å². The zero-order chi connectivity index (χ0) is 13.1. The number of rotatable bonds is 4. The van der Waals surface area contributed by atoms with Gasteiger partial charge in [0.15, 0.2) is 0 Å². The zero-order valence-corrected chi connectivity index (χ0v) is 12.4. The van der Waals surface area contributed by atoms with E-state index in [-0.39, 0.29) is 5.92 Å². The van der Waals surface area contributed by atoms with Crippen molar-refractivity contribution in [1.29, 1.82) is 5.26 Å². The highest BCUT2D eigenvalue weighted by molar-refractivity contribution is 4.77. The van der Waals surface area contributed by atoms with E-state index < -0.39 is 0 Å². The molecule has 0 N–H and O–H groups in total. The summed E-state index contributed by atoms with van der Waals surface area (Å²) in [5.74, 6) is 0.261. The molecule has 0 saturated heterocycles. The molecule has 0 heterocycles. The minimum Gasteiger partial charge on any atom is -0.198 e. The van der Waals surface area contributed by atoms with Gasteiger partial charge in [0.2, 0.25) is 0 Å². The quantitative estimate of drug-likeness (QED) is 0.543. The summed E-state index contributed by atoms with van der Waals surface area (Å²) >= 11 is 0. The number of unbranched alkanes of at least 4 members (excludes halogenated alkanes) is 2. The predicted molar refractivity (Wildman–Crippen MR) is 73.0 cm³/mol. The van der Waals surface area contributed by atoms with Gasteiger partial charge in [0.25, 0.3) is 0 Å². The van der Waals surface area contributed by atoms with Gasteiger partial charge in [-0.2, -0.15) is 5.26 Å². The molecule has 0 amide bonds. The van der Waals surface area contributed by atoms with E-state index in [0.29, 0.717) is 0 Å². The molecule has 0 rings (SSSR count). The summed E-state index contributed by atoms with van der Waals surface area (Å²) in [6.07, 6.45) is 4.81. The molecular weight excluding hydrogens is 182 g/mol. The molecule has 0 aromatic heterocycles. The van der Waals surface area contributed by atoms with Crippen LogP contribution in [0, 0.1) is 17.2 Å². The SMILES string of the molecule is CC.CC.CC.CCCCCC(C)C#N. The Labute approximate surface area is 98.9 Å². The monoisotopic (exact) mass is 215 g/mol. The summed E-state index contributed by atoms with van der Waals surface area (Å²) in [5.41, 5.74) is 0. The van der Waals surface area contributed by atoms with Crippen molar-refractivity contribution in [1.82, 2.24) is 0 Å². The Morgan fingerprint density at radius 2 is 1.33 bits per heavy atom. The van der Waals surface area contributed by atoms with Crippen LogP contribution in [-0.2, 0) is 0 Å². The van der Waals surface area contributed by atoms with Gasteiger partial charge in [-0.25, -0.2) is 0 Å². The van der Waals surface area contributed by atoms with Crippen LogP contribution in [0.25, 0.3) is 0 Å². The fourth-order valence-electron chi connectivity index (χ4n) is 0.765. The largest absolute Gasteiger partial charge is 0.198 e. The molecule has 0 radical (unpaired) electrons. The highest BCUT2D eigenvalue weighted by Gasteiger charge is 1.96. The standard InChI is InChI=1S/C8H15N.3C2H6/c1-3-4-5-6-8(2)7-9;3*1-2/h8H,3-6H2,1-2H3;3*1-2H3. The summed E-state index contributed by atoms with van der Waals surface area (Å²) in [4.78, 5) is 0. The van der Waals surface area contributed by atoms with Crippen molar-refractivity contribution in [2.75, 3.05) is 0 Å². The molecule has 1 unspecified atom stereocenters. The molecular formula is C14H33N. The van der Waals surface area contributed by atoms with E-state index in [2.05, 4.69) is 13.0 Å². The van der Waals surface area contributed by atoms with E-state index in [4.69, 9.17) is 5.26 Å². The van der Waals surface area contributed by atoms with E-state index in [1.807, 2.05) is 48.5 Å². The maximum absolute atomic E-state index is 8.38. The Morgan fingerprint density at radius 3 is 1.60 bits per heavy atom. The summed E-state index contributed by atoms with van der Waals surface area (Å²) in [6.45, 7) is 16.2. The number of nitrogens with zero attached hydrogens (tertiary/aromatic N) is 1. The first-order valence-electron chi connectivity index (χ1n) is 6.70. The van der Waals surface area contributed by atoms with E-state index in [0.717, 1.165) is 6.42 Å². The smallest absolute Gasteiger partial charge is 0.0652 e. The van der Waals surface area contributed by atoms with Crippen LogP contribution in [0.3, 0.4) is 0 Å². The molecule has 1 atom stereocenters. The van der Waals surface area contributed by atoms with Gasteiger partial charge in [0.05, 0.1) is 6.07 Å². The Balaban J connectivity index is -0.0000000860. The summed E-state index contributed by atoms with van der Waals surface area (Å²) in [5, 5.41) is 8.38. The fourth-order valence-corrected chi connectivity index (χ4v) is 0.765. The summed E-state index contributed by atoms with van der Waals surface area (Å²) in [7, 11) is 0. The molecule has 0 bridgehead atoms. The van der Waals surface area contributed by atoms with Crippen LogP contribution in [0.15, 0.2) is 0 Å². The third-order valence-electron chi connectivity index (χ3n) is 1.46. The van der Waals surface area contributed by atoms with Gasteiger partial charge in [0.1, 0.15) is 0 Å². The summed E-state index contributed by atoms with van der Waals surface area (Å²) < 4.78 is 0. The third-order valence-corrected chi connectivity index (χ3v) is 1.46. The van der Waals surface area contributed by atoms with Crippen LogP contribution < -0.4 is 0 Å². The Morgan fingerprint density at radius 1 is 0.933 bits per heavy atom. The topological polar surface area (TPSA) is 23.8 Å². The van der Waals surface area contributed by atoms with Crippen molar-refractivity contribution < 1.29 is 0 Å². The Kier molecular flexibility index (Phi) is 59.9. The third kappa shape index (κ3) is 42.3. The number of nitriles is 1. The molecule has 0 aliphatic rings. The van der Waals surface area contributed by atoms with Crippen molar-refractivity contribution >= 4 is 0 Å². The second-order valence-electron chi connectivity index (χ2n) is 2.53. The van der Waals surface area contributed by atoms with E-state index >= 15 is 0 Å². The first-order chi connectivity index (χ1) is 7.31. The van der Waals surface area contributed by atoms with Crippen LogP contribution in [0.5, 0.6) is 0 Å². The highest BCUT2D eigenvalue weighted by atomic mass is 14.2. The van der Waals surface area contributed by atoms with Gasteiger partial charge in [-0.05, 0) is 13.3 Å². The van der Waals surface area contributed by atoms with Crippen LogP contribution in [0.4, 0.5) is 0 Å². The zero-order valence-electron chi connectivity index (χ0n) is 12.4. The van der Waals surface area contributed by atoms with Crippen molar-refractivity contribution in [2.24, 2.45) is 5.92 Å².